The van der Waals surface area contributed by atoms with E-state index in [0.717, 1.165) is 44.7 Å². The molecule has 0 aromatic carbocycles. The van der Waals surface area contributed by atoms with Crippen LogP contribution in [0, 0.1) is 5.92 Å². The second-order valence-corrected chi connectivity index (χ2v) is 5.24. The molecule has 2 rings (SSSR count). The lowest BCUT2D eigenvalue weighted by atomic mass is 9.94. The zero-order valence-corrected chi connectivity index (χ0v) is 12.0. The Kier molecular flexibility index (Phi) is 6.39. The summed E-state index contributed by atoms with van der Waals surface area (Å²) >= 11 is 0. The van der Waals surface area contributed by atoms with E-state index in [1.165, 1.54) is 6.42 Å². The minimum atomic E-state index is -0.221. The zero-order chi connectivity index (χ0) is 12.3. The van der Waals surface area contributed by atoms with Crippen molar-refractivity contribution in [2.75, 3.05) is 19.6 Å². The third-order valence-corrected chi connectivity index (χ3v) is 4.15. The number of piperidine rings is 1. The number of rotatable bonds is 3. The predicted octanol–water partition coefficient (Wildman–Crippen LogP) is 1.56. The van der Waals surface area contributed by atoms with E-state index in [-0.39, 0.29) is 30.5 Å². The maximum absolute atomic E-state index is 12.2. The van der Waals surface area contributed by atoms with Crippen molar-refractivity contribution in [3.05, 3.63) is 0 Å². The van der Waals surface area contributed by atoms with Crippen LogP contribution in [0.15, 0.2) is 0 Å². The third-order valence-electron chi connectivity index (χ3n) is 4.15. The molecular formula is C13H25ClN2O2. The van der Waals surface area contributed by atoms with Gasteiger partial charge in [-0.1, -0.05) is 13.3 Å². The van der Waals surface area contributed by atoms with Crippen LogP contribution >= 0.6 is 12.4 Å². The van der Waals surface area contributed by atoms with Gasteiger partial charge in [0.25, 0.3) is 5.91 Å². The number of carbonyl (C=O) groups is 1. The zero-order valence-electron chi connectivity index (χ0n) is 11.1. The lowest BCUT2D eigenvalue weighted by Gasteiger charge is -2.33. The third kappa shape index (κ3) is 3.59. The van der Waals surface area contributed by atoms with Crippen molar-refractivity contribution < 1.29 is 9.53 Å². The van der Waals surface area contributed by atoms with Crippen molar-refractivity contribution >= 4 is 18.3 Å². The second-order valence-electron chi connectivity index (χ2n) is 5.24. The molecule has 1 amide bonds. The fourth-order valence-electron chi connectivity index (χ4n) is 2.83. The van der Waals surface area contributed by atoms with E-state index in [1.807, 2.05) is 4.90 Å². The molecule has 2 atom stereocenters. The summed E-state index contributed by atoms with van der Waals surface area (Å²) in [7, 11) is 0. The first-order valence-corrected chi connectivity index (χ1v) is 6.89. The van der Waals surface area contributed by atoms with Crippen LogP contribution in [0.1, 0.15) is 39.0 Å². The summed E-state index contributed by atoms with van der Waals surface area (Å²) < 4.78 is 5.66. The van der Waals surface area contributed by atoms with E-state index >= 15 is 0 Å². The van der Waals surface area contributed by atoms with Crippen molar-refractivity contribution in [2.24, 2.45) is 11.7 Å². The van der Waals surface area contributed by atoms with Gasteiger partial charge in [0.15, 0.2) is 0 Å². The van der Waals surface area contributed by atoms with Crippen molar-refractivity contribution in [3.63, 3.8) is 0 Å². The summed E-state index contributed by atoms with van der Waals surface area (Å²) in [5.41, 5.74) is 5.56. The average molecular weight is 277 g/mol. The van der Waals surface area contributed by atoms with Gasteiger partial charge in [-0.05, 0) is 31.6 Å². The number of nitrogens with two attached hydrogens (primary N) is 1. The molecule has 0 aromatic heterocycles. The van der Waals surface area contributed by atoms with E-state index in [4.69, 9.17) is 10.5 Å². The fourth-order valence-corrected chi connectivity index (χ4v) is 2.83. The molecule has 18 heavy (non-hydrogen) atoms. The molecule has 0 bridgehead atoms. The maximum atomic E-state index is 12.2. The van der Waals surface area contributed by atoms with E-state index in [1.54, 1.807) is 0 Å². The molecule has 106 valence electrons. The quantitative estimate of drug-likeness (QED) is 0.851. The molecule has 5 heteroatoms. The van der Waals surface area contributed by atoms with Crippen molar-refractivity contribution in [1.82, 2.24) is 4.90 Å². The first-order chi connectivity index (χ1) is 8.24. The molecule has 2 N–H and O–H groups in total. The highest BCUT2D eigenvalue weighted by atomic mass is 35.5. The highest BCUT2D eigenvalue weighted by molar-refractivity contribution is 5.85. The van der Waals surface area contributed by atoms with Crippen molar-refractivity contribution in [2.45, 2.75) is 51.2 Å². The minimum absolute atomic E-state index is 0. The van der Waals surface area contributed by atoms with Gasteiger partial charge in [0.05, 0.1) is 6.10 Å². The number of likely N-dealkylation sites (tertiary alicyclic amines) is 1. The molecule has 2 fully saturated rings. The average Bonchev–Trinajstić information content (AvgIpc) is 2.87. The van der Waals surface area contributed by atoms with Gasteiger partial charge in [0.1, 0.15) is 6.10 Å². The molecule has 0 radical (unpaired) electrons. The number of hydrogen-bond donors (Lipinski definition) is 1. The highest BCUT2D eigenvalue weighted by Crippen LogP contribution is 2.24. The van der Waals surface area contributed by atoms with E-state index in [9.17, 15) is 4.79 Å². The Balaban J connectivity index is 0.00000162. The number of ether oxygens (including phenoxy) is 1. The van der Waals surface area contributed by atoms with E-state index in [2.05, 4.69) is 6.92 Å². The number of nitrogens with zero attached hydrogens (tertiary/aromatic N) is 1. The largest absolute Gasteiger partial charge is 0.364 e. The predicted molar refractivity (Wildman–Crippen MR) is 73.8 cm³/mol. The molecule has 2 saturated heterocycles. The first-order valence-electron chi connectivity index (χ1n) is 6.89. The van der Waals surface area contributed by atoms with Gasteiger partial charge in [-0.2, -0.15) is 0 Å². The van der Waals surface area contributed by atoms with Gasteiger partial charge < -0.3 is 15.4 Å². The molecule has 0 unspecified atom stereocenters. The van der Waals surface area contributed by atoms with Gasteiger partial charge in [-0.25, -0.2) is 0 Å². The molecular weight excluding hydrogens is 252 g/mol. The smallest absolute Gasteiger partial charge is 0.251 e. The normalized spacial score (nSPS) is 29.1. The summed E-state index contributed by atoms with van der Waals surface area (Å²) in [6.07, 6.45) is 5.17. The molecule has 4 nitrogen and oxygen atoms in total. The van der Waals surface area contributed by atoms with Crippen LogP contribution in [0.5, 0.6) is 0 Å². The Morgan fingerprint density at radius 3 is 2.44 bits per heavy atom. The monoisotopic (exact) mass is 276 g/mol. The van der Waals surface area contributed by atoms with Crippen LogP contribution in [0.2, 0.25) is 0 Å². The van der Waals surface area contributed by atoms with E-state index < -0.39 is 0 Å². The number of halogens is 1. The maximum Gasteiger partial charge on any atom is 0.251 e. The summed E-state index contributed by atoms with van der Waals surface area (Å²) in [5, 5.41) is 0. The van der Waals surface area contributed by atoms with Gasteiger partial charge in [0, 0.05) is 19.6 Å². The Hall–Kier alpha value is -0.320. The molecule has 2 aliphatic heterocycles. The van der Waals surface area contributed by atoms with Crippen LogP contribution in [0.3, 0.4) is 0 Å². The lowest BCUT2D eigenvalue weighted by molar-refractivity contribution is -0.144. The Morgan fingerprint density at radius 2 is 1.94 bits per heavy atom. The highest BCUT2D eigenvalue weighted by Gasteiger charge is 2.34. The van der Waals surface area contributed by atoms with Crippen LogP contribution in [-0.2, 0) is 9.53 Å². The van der Waals surface area contributed by atoms with Crippen molar-refractivity contribution in [1.29, 1.82) is 0 Å². The summed E-state index contributed by atoms with van der Waals surface area (Å²) in [6, 6.07) is 0. The van der Waals surface area contributed by atoms with E-state index in [0.29, 0.717) is 6.54 Å². The van der Waals surface area contributed by atoms with Gasteiger partial charge in [-0.15, -0.1) is 12.4 Å². The Bertz CT molecular complexity index is 268. The van der Waals surface area contributed by atoms with Crippen LogP contribution in [0.25, 0.3) is 0 Å². The fraction of sp³-hybridized carbons (Fsp3) is 0.923. The summed E-state index contributed by atoms with van der Waals surface area (Å²) in [6.45, 7) is 4.57. The SMILES string of the molecule is CCC1CCN(C(=O)[C@@H]2CC[C@H](CN)O2)CC1.Cl. The van der Waals surface area contributed by atoms with Gasteiger partial charge in [0.2, 0.25) is 0 Å². The molecule has 0 saturated carbocycles. The van der Waals surface area contributed by atoms with Crippen molar-refractivity contribution in [3.8, 4) is 0 Å². The Labute approximate surface area is 116 Å². The number of amides is 1. The molecule has 0 spiro atoms. The summed E-state index contributed by atoms with van der Waals surface area (Å²) in [4.78, 5) is 14.2. The molecule has 0 aliphatic carbocycles. The van der Waals surface area contributed by atoms with Crippen LogP contribution < -0.4 is 5.73 Å². The topological polar surface area (TPSA) is 55.6 Å². The number of hydrogen-bond acceptors (Lipinski definition) is 3. The molecule has 2 heterocycles. The second kappa shape index (κ2) is 7.31. The first kappa shape index (κ1) is 15.7. The van der Waals surface area contributed by atoms with Crippen LogP contribution in [0.4, 0.5) is 0 Å². The van der Waals surface area contributed by atoms with Gasteiger partial charge in [-0.3, -0.25) is 4.79 Å². The summed E-state index contributed by atoms with van der Waals surface area (Å²) in [5.74, 6) is 0.996. The molecule has 2 aliphatic rings. The van der Waals surface area contributed by atoms with Crippen LogP contribution in [-0.4, -0.2) is 42.6 Å². The van der Waals surface area contributed by atoms with Gasteiger partial charge >= 0.3 is 0 Å². The standard InChI is InChI=1S/C13H24N2O2.ClH/c1-2-10-5-7-15(8-6-10)13(16)12-4-3-11(9-14)17-12;/h10-12H,2-9,14H2,1H3;1H/t11-,12+;/m1./s1. The minimum Gasteiger partial charge on any atom is -0.364 e. The number of carbonyl (C=O) groups excluding carboxylic acids is 1. The Morgan fingerprint density at radius 1 is 1.28 bits per heavy atom. The molecule has 0 aromatic rings. The lowest BCUT2D eigenvalue weighted by Crippen LogP contribution is -2.44.